The number of aromatic carboxylic acids is 1. The van der Waals surface area contributed by atoms with Gasteiger partial charge in [-0.15, -0.1) is 0 Å². The lowest BCUT2D eigenvalue weighted by molar-refractivity contribution is 0.0697. The van der Waals surface area contributed by atoms with Crippen LogP contribution in [0, 0.1) is 0 Å². The largest absolute Gasteiger partial charge is 0.478 e. The van der Waals surface area contributed by atoms with E-state index < -0.39 is 5.97 Å². The summed E-state index contributed by atoms with van der Waals surface area (Å²) >= 11 is 0. The van der Waals surface area contributed by atoms with Crippen LogP contribution < -0.4 is 0 Å². The Bertz CT molecular complexity index is 488. The molecule has 1 N–H and O–H groups in total. The van der Waals surface area contributed by atoms with Crippen LogP contribution in [-0.2, 0) is 7.05 Å². The predicted molar refractivity (Wildman–Crippen MR) is 53.4 cm³/mol. The fraction of sp³-hybridized carbons (Fsp3) is 0.100. The molecule has 0 fully saturated rings. The number of aromatic nitrogens is 3. The zero-order valence-corrected chi connectivity index (χ0v) is 8.08. The van der Waals surface area contributed by atoms with Gasteiger partial charge in [0.25, 0.3) is 0 Å². The first kappa shape index (κ1) is 9.39. The highest BCUT2D eigenvalue weighted by Crippen LogP contribution is 2.14. The van der Waals surface area contributed by atoms with Crippen LogP contribution in [0.4, 0.5) is 0 Å². The normalized spacial score (nSPS) is 10.2. The maximum atomic E-state index is 10.6. The van der Waals surface area contributed by atoms with Gasteiger partial charge in [-0.3, -0.25) is 4.68 Å². The van der Waals surface area contributed by atoms with Gasteiger partial charge in [-0.2, -0.15) is 5.10 Å². The van der Waals surface area contributed by atoms with Crippen molar-refractivity contribution in [2.24, 2.45) is 7.05 Å². The Hall–Kier alpha value is -2.17. The van der Waals surface area contributed by atoms with Crippen LogP contribution in [0.2, 0.25) is 0 Å². The van der Waals surface area contributed by atoms with E-state index in [2.05, 4.69) is 10.1 Å². The zero-order valence-electron chi connectivity index (χ0n) is 8.08. The van der Waals surface area contributed by atoms with E-state index in [1.165, 1.54) is 12.1 Å². The van der Waals surface area contributed by atoms with Crippen LogP contribution in [0.25, 0.3) is 11.4 Å². The second kappa shape index (κ2) is 3.53. The first-order chi connectivity index (χ1) is 7.16. The number of benzene rings is 1. The van der Waals surface area contributed by atoms with Crippen LogP contribution in [0.3, 0.4) is 0 Å². The van der Waals surface area contributed by atoms with Crippen molar-refractivity contribution in [2.45, 2.75) is 0 Å². The fourth-order valence-corrected chi connectivity index (χ4v) is 1.23. The molecule has 0 unspecified atom stereocenters. The lowest BCUT2D eigenvalue weighted by Gasteiger charge is -1.96. The first-order valence-corrected chi connectivity index (χ1v) is 4.36. The maximum Gasteiger partial charge on any atom is 0.335 e. The summed E-state index contributed by atoms with van der Waals surface area (Å²) in [5.41, 5.74) is 1.07. The quantitative estimate of drug-likeness (QED) is 0.795. The molecular formula is C10H9N3O2. The van der Waals surface area contributed by atoms with Gasteiger partial charge in [-0.1, -0.05) is 12.1 Å². The van der Waals surface area contributed by atoms with Gasteiger partial charge in [-0.25, -0.2) is 9.78 Å². The number of aryl methyl sites for hydroxylation is 1. The van der Waals surface area contributed by atoms with E-state index in [1.54, 1.807) is 30.2 Å². The van der Waals surface area contributed by atoms with E-state index in [-0.39, 0.29) is 5.56 Å². The molecule has 5 nitrogen and oxygen atoms in total. The van der Waals surface area contributed by atoms with Gasteiger partial charge in [-0.05, 0) is 12.1 Å². The third-order valence-electron chi connectivity index (χ3n) is 1.99. The van der Waals surface area contributed by atoms with Crippen LogP contribution in [0.5, 0.6) is 0 Å². The summed E-state index contributed by atoms with van der Waals surface area (Å²) < 4.78 is 1.60. The molecule has 0 aliphatic carbocycles. The number of nitrogens with zero attached hydrogens (tertiary/aromatic N) is 3. The lowest BCUT2D eigenvalue weighted by Crippen LogP contribution is -1.95. The third-order valence-corrected chi connectivity index (χ3v) is 1.99. The monoisotopic (exact) mass is 203 g/mol. The first-order valence-electron chi connectivity index (χ1n) is 4.36. The van der Waals surface area contributed by atoms with E-state index >= 15 is 0 Å². The highest BCUT2D eigenvalue weighted by Gasteiger charge is 2.05. The maximum absolute atomic E-state index is 10.6. The lowest BCUT2D eigenvalue weighted by atomic mass is 10.1. The Kier molecular flexibility index (Phi) is 2.21. The van der Waals surface area contributed by atoms with Crippen molar-refractivity contribution >= 4 is 5.97 Å². The molecule has 0 aliphatic heterocycles. The Balaban J connectivity index is 2.35. The molecule has 0 spiro atoms. The summed E-state index contributed by atoms with van der Waals surface area (Å²) in [6.45, 7) is 0. The summed E-state index contributed by atoms with van der Waals surface area (Å²) in [6, 6.07) is 6.46. The van der Waals surface area contributed by atoms with Crippen molar-refractivity contribution in [2.75, 3.05) is 0 Å². The van der Waals surface area contributed by atoms with Crippen molar-refractivity contribution in [3.8, 4) is 11.4 Å². The second-order valence-corrected chi connectivity index (χ2v) is 3.12. The van der Waals surface area contributed by atoms with E-state index in [0.717, 1.165) is 5.56 Å². The van der Waals surface area contributed by atoms with Crippen LogP contribution in [0.1, 0.15) is 10.4 Å². The molecule has 0 saturated carbocycles. The van der Waals surface area contributed by atoms with E-state index in [0.29, 0.717) is 5.82 Å². The molecule has 0 saturated heterocycles. The summed E-state index contributed by atoms with van der Waals surface area (Å²) in [6.07, 6.45) is 1.60. The molecule has 76 valence electrons. The zero-order chi connectivity index (χ0) is 10.8. The topological polar surface area (TPSA) is 68.0 Å². The molecule has 0 amide bonds. The van der Waals surface area contributed by atoms with Crippen molar-refractivity contribution in [3.05, 3.63) is 36.2 Å². The number of hydrogen-bond donors (Lipinski definition) is 1. The van der Waals surface area contributed by atoms with E-state index in [4.69, 9.17) is 5.11 Å². The van der Waals surface area contributed by atoms with Gasteiger partial charge in [0.05, 0.1) is 5.56 Å². The van der Waals surface area contributed by atoms with Gasteiger partial charge in [0.15, 0.2) is 5.82 Å². The molecule has 5 heteroatoms. The van der Waals surface area contributed by atoms with E-state index in [1.807, 2.05) is 0 Å². The second-order valence-electron chi connectivity index (χ2n) is 3.12. The van der Waals surface area contributed by atoms with Gasteiger partial charge in [0, 0.05) is 12.6 Å². The Morgan fingerprint density at radius 3 is 2.47 bits per heavy atom. The van der Waals surface area contributed by atoms with Crippen LogP contribution >= 0.6 is 0 Å². The van der Waals surface area contributed by atoms with Crippen LogP contribution in [0.15, 0.2) is 30.6 Å². The van der Waals surface area contributed by atoms with Gasteiger partial charge >= 0.3 is 5.97 Å². The summed E-state index contributed by atoms with van der Waals surface area (Å²) in [5, 5.41) is 12.8. The molecule has 0 bridgehead atoms. The molecule has 0 radical (unpaired) electrons. The van der Waals surface area contributed by atoms with Gasteiger partial charge in [0.2, 0.25) is 0 Å². The standard InChI is InChI=1S/C10H9N3O2/c1-13-6-11-9(12-13)7-2-4-8(5-3-7)10(14)15/h2-6H,1H3,(H,14,15). The van der Waals surface area contributed by atoms with Gasteiger partial charge in [0.1, 0.15) is 6.33 Å². The summed E-state index contributed by atoms with van der Waals surface area (Å²) in [4.78, 5) is 14.7. The number of carbonyl (C=O) groups is 1. The SMILES string of the molecule is Cn1cnc(-c2ccc(C(=O)O)cc2)n1. The van der Waals surface area contributed by atoms with E-state index in [9.17, 15) is 4.79 Å². The van der Waals surface area contributed by atoms with Crippen molar-refractivity contribution in [1.82, 2.24) is 14.8 Å². The molecular weight excluding hydrogens is 194 g/mol. The smallest absolute Gasteiger partial charge is 0.335 e. The van der Waals surface area contributed by atoms with Gasteiger partial charge < -0.3 is 5.11 Å². The number of hydrogen-bond acceptors (Lipinski definition) is 3. The average molecular weight is 203 g/mol. The summed E-state index contributed by atoms with van der Waals surface area (Å²) in [5.74, 6) is -0.343. The van der Waals surface area contributed by atoms with Crippen molar-refractivity contribution < 1.29 is 9.90 Å². The third kappa shape index (κ3) is 1.85. The highest BCUT2D eigenvalue weighted by molar-refractivity contribution is 5.88. The average Bonchev–Trinajstić information content (AvgIpc) is 2.65. The summed E-state index contributed by atoms with van der Waals surface area (Å²) in [7, 11) is 1.78. The number of carboxylic acid groups (broad SMARTS) is 1. The molecule has 0 atom stereocenters. The number of carboxylic acids is 1. The molecule has 1 aromatic heterocycles. The molecule has 0 aliphatic rings. The minimum absolute atomic E-state index is 0.259. The molecule has 1 heterocycles. The molecule has 2 rings (SSSR count). The van der Waals surface area contributed by atoms with Crippen LogP contribution in [-0.4, -0.2) is 25.8 Å². The predicted octanol–water partition coefficient (Wildman–Crippen LogP) is 1.18. The Morgan fingerprint density at radius 2 is 2.00 bits per heavy atom. The minimum Gasteiger partial charge on any atom is -0.478 e. The number of rotatable bonds is 2. The molecule has 15 heavy (non-hydrogen) atoms. The van der Waals surface area contributed by atoms with Crippen molar-refractivity contribution in [3.63, 3.8) is 0 Å². The Labute approximate surface area is 86.0 Å². The highest BCUT2D eigenvalue weighted by atomic mass is 16.4. The molecule has 1 aromatic carbocycles. The fourth-order valence-electron chi connectivity index (χ4n) is 1.23. The molecule has 2 aromatic rings. The van der Waals surface area contributed by atoms with Crippen molar-refractivity contribution in [1.29, 1.82) is 0 Å². The minimum atomic E-state index is -0.935. The Morgan fingerprint density at radius 1 is 1.33 bits per heavy atom.